The van der Waals surface area contributed by atoms with Crippen molar-refractivity contribution in [2.45, 2.75) is 26.8 Å². The Morgan fingerprint density at radius 2 is 1.58 bits per heavy atom. The van der Waals surface area contributed by atoms with E-state index in [-0.39, 0.29) is 12.4 Å². The van der Waals surface area contributed by atoms with Gasteiger partial charge >= 0.3 is 17.8 Å². The van der Waals surface area contributed by atoms with Crippen molar-refractivity contribution in [1.29, 1.82) is 0 Å². The van der Waals surface area contributed by atoms with Gasteiger partial charge in [0.05, 0.1) is 25.6 Å². The van der Waals surface area contributed by atoms with Gasteiger partial charge in [-0.05, 0) is 43.5 Å². The first-order valence-electron chi connectivity index (χ1n) is 10.4. The summed E-state index contributed by atoms with van der Waals surface area (Å²) in [5.74, 6) is -0.756. The van der Waals surface area contributed by atoms with Gasteiger partial charge < -0.3 is 9.47 Å². The van der Waals surface area contributed by atoms with Gasteiger partial charge in [-0.1, -0.05) is 24.3 Å². The van der Waals surface area contributed by atoms with Crippen LogP contribution in [0, 0.1) is 0 Å². The minimum atomic E-state index is -0.867. The fraction of sp³-hybridized carbons (Fsp3) is 0.348. The average molecular weight is 423 g/mol. The monoisotopic (exact) mass is 423 g/mol. The van der Waals surface area contributed by atoms with Gasteiger partial charge in [-0.2, -0.15) is 0 Å². The van der Waals surface area contributed by atoms with Gasteiger partial charge in [0.2, 0.25) is 0 Å². The summed E-state index contributed by atoms with van der Waals surface area (Å²) in [4.78, 5) is 42.2. The molecule has 8 heteroatoms. The number of urea groups is 1. The van der Waals surface area contributed by atoms with Crippen molar-refractivity contribution in [3.05, 3.63) is 53.6 Å². The number of imide groups is 2. The molecule has 0 N–H and O–H groups in total. The predicted octanol–water partition coefficient (Wildman–Crippen LogP) is 2.80. The molecular weight excluding hydrogens is 398 g/mol. The summed E-state index contributed by atoms with van der Waals surface area (Å²) >= 11 is 0. The third-order valence-electron chi connectivity index (χ3n) is 5.39. The van der Waals surface area contributed by atoms with Crippen molar-refractivity contribution in [2.24, 2.45) is 0 Å². The Morgan fingerprint density at radius 1 is 0.871 bits per heavy atom. The van der Waals surface area contributed by atoms with Crippen LogP contribution in [0.4, 0.5) is 10.5 Å². The Morgan fingerprint density at radius 3 is 2.32 bits per heavy atom. The van der Waals surface area contributed by atoms with Gasteiger partial charge in [0.15, 0.2) is 11.5 Å². The highest BCUT2D eigenvalue weighted by molar-refractivity contribution is 6.52. The van der Waals surface area contributed by atoms with E-state index in [4.69, 9.17) is 9.47 Å². The lowest BCUT2D eigenvalue weighted by Gasteiger charge is -2.30. The number of amides is 4. The third-order valence-corrected chi connectivity index (χ3v) is 5.39. The van der Waals surface area contributed by atoms with E-state index in [1.165, 1.54) is 11.1 Å². The number of anilines is 1. The SMILES string of the molecule is CCOc1ccc(N2C(=O)C(=O)N(CN3CCc4ccccc4C3)C2=O)cc1OCC. The van der Waals surface area contributed by atoms with E-state index in [1.54, 1.807) is 18.2 Å². The second-order valence-electron chi connectivity index (χ2n) is 7.37. The molecule has 0 saturated carbocycles. The van der Waals surface area contributed by atoms with E-state index in [2.05, 4.69) is 6.07 Å². The number of rotatable bonds is 7. The number of carbonyl (C=O) groups excluding carboxylic acids is 3. The van der Waals surface area contributed by atoms with E-state index in [9.17, 15) is 14.4 Å². The topological polar surface area (TPSA) is 79.4 Å². The highest BCUT2D eigenvalue weighted by Gasteiger charge is 2.46. The Kier molecular flexibility index (Phi) is 5.90. The maximum absolute atomic E-state index is 13.0. The molecule has 0 aromatic heterocycles. The molecule has 0 radical (unpaired) electrons. The van der Waals surface area contributed by atoms with Gasteiger partial charge in [-0.25, -0.2) is 14.6 Å². The Bertz CT molecular complexity index is 1020. The molecule has 4 rings (SSSR count). The summed E-state index contributed by atoms with van der Waals surface area (Å²) < 4.78 is 11.1. The molecule has 0 atom stereocenters. The van der Waals surface area contributed by atoms with Crippen molar-refractivity contribution in [3.8, 4) is 11.5 Å². The highest BCUT2D eigenvalue weighted by Crippen LogP contribution is 2.34. The fourth-order valence-corrected chi connectivity index (χ4v) is 3.91. The van der Waals surface area contributed by atoms with E-state index in [0.717, 1.165) is 16.2 Å². The smallest absolute Gasteiger partial charge is 0.340 e. The molecule has 2 aliphatic rings. The Balaban J connectivity index is 1.54. The van der Waals surface area contributed by atoms with Gasteiger partial charge in [0.25, 0.3) is 0 Å². The normalized spacial score (nSPS) is 16.6. The molecule has 2 aromatic carbocycles. The molecule has 1 saturated heterocycles. The molecule has 1 fully saturated rings. The summed E-state index contributed by atoms with van der Waals surface area (Å²) in [5, 5.41) is 0. The zero-order valence-corrected chi connectivity index (χ0v) is 17.7. The van der Waals surface area contributed by atoms with Gasteiger partial charge in [-0.3, -0.25) is 14.5 Å². The number of carbonyl (C=O) groups is 3. The van der Waals surface area contributed by atoms with Crippen molar-refractivity contribution in [1.82, 2.24) is 9.80 Å². The zero-order chi connectivity index (χ0) is 22.0. The molecule has 31 heavy (non-hydrogen) atoms. The molecule has 162 valence electrons. The standard InChI is InChI=1S/C23H25N3O5/c1-3-30-19-10-9-18(13-20(19)31-4-2)26-22(28)21(27)25(23(26)29)15-24-12-11-16-7-5-6-8-17(16)14-24/h5-10,13H,3-4,11-12,14-15H2,1-2H3. The van der Waals surface area contributed by atoms with E-state index >= 15 is 0 Å². The number of ether oxygens (including phenoxy) is 2. The minimum Gasteiger partial charge on any atom is -0.490 e. The van der Waals surface area contributed by atoms with Crippen LogP contribution in [-0.4, -0.2) is 54.1 Å². The molecule has 4 amide bonds. The fourth-order valence-electron chi connectivity index (χ4n) is 3.91. The largest absolute Gasteiger partial charge is 0.490 e. The highest BCUT2D eigenvalue weighted by atomic mass is 16.5. The third kappa shape index (κ3) is 3.98. The molecule has 0 spiro atoms. The van der Waals surface area contributed by atoms with Crippen LogP contribution in [0.2, 0.25) is 0 Å². The van der Waals surface area contributed by atoms with Crippen LogP contribution >= 0.6 is 0 Å². The Labute approximate surface area is 180 Å². The van der Waals surface area contributed by atoms with Crippen LogP contribution in [0.1, 0.15) is 25.0 Å². The molecule has 2 aliphatic heterocycles. The Hall–Kier alpha value is -3.39. The van der Waals surface area contributed by atoms with E-state index in [0.29, 0.717) is 37.8 Å². The lowest BCUT2D eigenvalue weighted by molar-refractivity contribution is -0.140. The molecule has 0 unspecified atom stereocenters. The van der Waals surface area contributed by atoms with Crippen molar-refractivity contribution >= 4 is 23.5 Å². The van der Waals surface area contributed by atoms with Gasteiger partial charge in [0.1, 0.15) is 0 Å². The molecule has 2 aromatic rings. The molecular formula is C23H25N3O5. The molecule has 0 aliphatic carbocycles. The lowest BCUT2D eigenvalue weighted by Crippen LogP contribution is -2.44. The van der Waals surface area contributed by atoms with Gasteiger partial charge in [-0.15, -0.1) is 0 Å². The van der Waals surface area contributed by atoms with E-state index in [1.807, 2.05) is 36.9 Å². The van der Waals surface area contributed by atoms with Crippen molar-refractivity contribution in [3.63, 3.8) is 0 Å². The van der Waals surface area contributed by atoms with Gasteiger partial charge in [0, 0.05) is 19.2 Å². The van der Waals surface area contributed by atoms with Crippen LogP contribution in [0.5, 0.6) is 11.5 Å². The second kappa shape index (κ2) is 8.77. The second-order valence-corrected chi connectivity index (χ2v) is 7.37. The number of hydrogen-bond donors (Lipinski definition) is 0. The van der Waals surface area contributed by atoms with Crippen LogP contribution in [0.3, 0.4) is 0 Å². The van der Waals surface area contributed by atoms with Crippen LogP contribution in [-0.2, 0) is 22.6 Å². The first-order chi connectivity index (χ1) is 15.0. The first-order valence-corrected chi connectivity index (χ1v) is 10.4. The van der Waals surface area contributed by atoms with Crippen molar-refractivity contribution < 1.29 is 23.9 Å². The molecule has 8 nitrogen and oxygen atoms in total. The zero-order valence-electron chi connectivity index (χ0n) is 17.7. The average Bonchev–Trinajstić information content (AvgIpc) is 2.98. The summed E-state index contributed by atoms with van der Waals surface area (Å²) in [6, 6.07) is 12.2. The lowest BCUT2D eigenvalue weighted by atomic mass is 10.0. The summed E-state index contributed by atoms with van der Waals surface area (Å²) in [5.41, 5.74) is 2.72. The summed E-state index contributed by atoms with van der Waals surface area (Å²) in [7, 11) is 0. The van der Waals surface area contributed by atoms with Crippen molar-refractivity contribution in [2.75, 3.05) is 31.3 Å². The van der Waals surface area contributed by atoms with Crippen LogP contribution in [0.25, 0.3) is 0 Å². The quantitative estimate of drug-likeness (QED) is 0.503. The minimum absolute atomic E-state index is 0.0730. The number of benzene rings is 2. The molecule has 2 heterocycles. The number of nitrogens with zero attached hydrogens (tertiary/aromatic N) is 3. The van der Waals surface area contributed by atoms with Crippen LogP contribution < -0.4 is 14.4 Å². The maximum Gasteiger partial charge on any atom is 0.340 e. The van der Waals surface area contributed by atoms with E-state index < -0.39 is 17.8 Å². The number of fused-ring (bicyclic) bond motifs is 1. The molecule has 0 bridgehead atoms. The maximum atomic E-state index is 13.0. The summed E-state index contributed by atoms with van der Waals surface area (Å²) in [6.45, 7) is 5.94. The first kappa shape index (κ1) is 20.9. The predicted molar refractivity (Wildman–Crippen MR) is 114 cm³/mol. The summed E-state index contributed by atoms with van der Waals surface area (Å²) in [6.07, 6.45) is 0.834. The number of hydrogen-bond acceptors (Lipinski definition) is 6. The van der Waals surface area contributed by atoms with Crippen LogP contribution in [0.15, 0.2) is 42.5 Å².